The molecule has 42 heavy (non-hydrogen) atoms. The van der Waals surface area contributed by atoms with Crippen LogP contribution in [0.4, 0.5) is 0 Å². The van der Waals surface area contributed by atoms with Gasteiger partial charge in [-0.25, -0.2) is 4.98 Å². The van der Waals surface area contributed by atoms with Crippen molar-refractivity contribution in [3.05, 3.63) is 42.1 Å². The number of primary amides is 1. The second-order valence-electron chi connectivity index (χ2n) is 10.8. The Balaban J connectivity index is 1.29. The fourth-order valence-electron chi connectivity index (χ4n) is 5.38. The Morgan fingerprint density at radius 2 is 1.88 bits per heavy atom. The highest BCUT2D eigenvalue weighted by Gasteiger charge is 2.42. The average molecular weight is 645 g/mol. The van der Waals surface area contributed by atoms with Crippen molar-refractivity contribution in [2.75, 3.05) is 26.1 Å². The fourth-order valence-corrected chi connectivity index (χ4v) is 5.66. The van der Waals surface area contributed by atoms with E-state index < -0.39 is 18.1 Å². The summed E-state index contributed by atoms with van der Waals surface area (Å²) in [6.07, 6.45) is 9.79. The van der Waals surface area contributed by atoms with E-state index in [-0.39, 0.29) is 47.6 Å². The number of hydrogen-bond acceptors (Lipinski definition) is 8. The number of aromatic nitrogens is 1. The van der Waals surface area contributed by atoms with Crippen LogP contribution in [0.2, 0.25) is 0 Å². The van der Waals surface area contributed by atoms with Crippen LogP contribution in [0.5, 0.6) is 11.5 Å². The number of Topliss-reactive ketones (excluding diaryl/α,β-unsaturated/α-hetero) is 1. The summed E-state index contributed by atoms with van der Waals surface area (Å²) >= 11 is 3.19. The summed E-state index contributed by atoms with van der Waals surface area (Å²) in [6, 6.07) is 6.17. The van der Waals surface area contributed by atoms with E-state index in [0.29, 0.717) is 34.7 Å². The molecule has 1 aliphatic carbocycles. The number of allylic oxidation sites excluding steroid dienone is 2. The van der Waals surface area contributed by atoms with Gasteiger partial charge in [-0.1, -0.05) is 40.9 Å². The molecule has 2 fully saturated rings. The minimum Gasteiger partial charge on any atom is -0.497 e. The first-order valence-corrected chi connectivity index (χ1v) is 15.5. The van der Waals surface area contributed by atoms with Gasteiger partial charge in [0.15, 0.2) is 5.78 Å². The van der Waals surface area contributed by atoms with Crippen molar-refractivity contribution in [1.29, 1.82) is 0 Å². The Hall–Kier alpha value is -3.47. The van der Waals surface area contributed by atoms with Crippen LogP contribution in [0.15, 0.2) is 36.4 Å². The maximum atomic E-state index is 13.1. The third kappa shape index (κ3) is 7.87. The maximum absolute atomic E-state index is 13.1. The minimum absolute atomic E-state index is 0.0196. The van der Waals surface area contributed by atoms with E-state index in [0.717, 1.165) is 38.5 Å². The van der Waals surface area contributed by atoms with Gasteiger partial charge < -0.3 is 24.8 Å². The maximum Gasteiger partial charge on any atom is 0.309 e. The number of methoxy groups -OCH3 is 2. The minimum atomic E-state index is -0.749. The molecule has 0 unspecified atom stereocenters. The number of halogens is 1. The van der Waals surface area contributed by atoms with Gasteiger partial charge in [0.2, 0.25) is 11.8 Å². The number of likely N-dealkylation sites (tertiary alicyclic amines) is 1. The van der Waals surface area contributed by atoms with Gasteiger partial charge in [0.05, 0.1) is 37.5 Å². The van der Waals surface area contributed by atoms with Crippen molar-refractivity contribution >= 4 is 50.4 Å². The second kappa shape index (κ2) is 14.6. The topological polar surface area (TPSA) is 138 Å². The number of hydrogen-bond donors (Lipinski definition) is 1. The Kier molecular flexibility index (Phi) is 11.0. The first-order valence-electron chi connectivity index (χ1n) is 14.3. The fraction of sp³-hybridized carbons (Fsp3) is 0.516. The van der Waals surface area contributed by atoms with Gasteiger partial charge in [0.25, 0.3) is 0 Å². The van der Waals surface area contributed by atoms with Crippen LogP contribution >= 0.6 is 15.9 Å². The molecule has 0 radical (unpaired) electrons. The predicted octanol–water partition coefficient (Wildman–Crippen LogP) is 4.36. The van der Waals surface area contributed by atoms with Crippen LogP contribution in [0, 0.1) is 11.8 Å². The molecule has 2 amide bonds. The lowest BCUT2D eigenvalue weighted by atomic mass is 10.1. The molecule has 11 heteroatoms. The van der Waals surface area contributed by atoms with Crippen LogP contribution in [-0.2, 0) is 19.1 Å². The molecule has 1 aromatic carbocycles. The van der Waals surface area contributed by atoms with E-state index in [1.165, 1.54) is 12.0 Å². The van der Waals surface area contributed by atoms with Gasteiger partial charge in [0, 0.05) is 30.4 Å². The number of carbonyl (C=O) groups is 4. The Labute approximate surface area is 254 Å². The molecule has 2 N–H and O–H groups in total. The summed E-state index contributed by atoms with van der Waals surface area (Å²) in [5, 5.41) is 0.802. The first kappa shape index (κ1) is 31.5. The summed E-state index contributed by atoms with van der Waals surface area (Å²) in [4.78, 5) is 55.2. The number of nitrogens with two attached hydrogens (primary N) is 1. The van der Waals surface area contributed by atoms with Crippen LogP contribution in [0.3, 0.4) is 0 Å². The molecule has 1 saturated carbocycles. The number of nitrogens with zero attached hydrogens (tertiary/aromatic N) is 2. The highest BCUT2D eigenvalue weighted by molar-refractivity contribution is 9.09. The number of unbranched alkanes of at least 4 members (excludes halogenated alkanes) is 4. The van der Waals surface area contributed by atoms with Crippen LogP contribution in [0.25, 0.3) is 10.9 Å². The molecule has 2 aliphatic rings. The normalized spacial score (nSPS) is 21.5. The number of esters is 1. The number of fused-ring (bicyclic) bond motifs is 1. The summed E-state index contributed by atoms with van der Waals surface area (Å²) in [5.74, 6) is 0.357. The van der Waals surface area contributed by atoms with Crippen molar-refractivity contribution in [3.63, 3.8) is 0 Å². The van der Waals surface area contributed by atoms with Gasteiger partial charge in [-0.15, -0.1) is 0 Å². The number of rotatable bonds is 15. The quantitative estimate of drug-likeness (QED) is 0.0993. The summed E-state index contributed by atoms with van der Waals surface area (Å²) in [7, 11) is 2.97. The number of ketones is 1. The Morgan fingerprint density at radius 3 is 2.60 bits per heavy atom. The van der Waals surface area contributed by atoms with Crippen LogP contribution < -0.4 is 15.2 Å². The Morgan fingerprint density at radius 1 is 1.10 bits per heavy atom. The van der Waals surface area contributed by atoms with E-state index in [9.17, 15) is 19.2 Å². The predicted molar refractivity (Wildman–Crippen MR) is 161 cm³/mol. The largest absolute Gasteiger partial charge is 0.497 e. The highest BCUT2D eigenvalue weighted by Crippen LogP contribution is 2.40. The third-order valence-electron chi connectivity index (χ3n) is 7.83. The molecule has 1 aliphatic heterocycles. The van der Waals surface area contributed by atoms with Gasteiger partial charge in [-0.2, -0.15) is 0 Å². The number of pyridine rings is 1. The molecule has 0 spiro atoms. The van der Waals surface area contributed by atoms with E-state index in [1.54, 1.807) is 25.3 Å². The lowest BCUT2D eigenvalue weighted by Gasteiger charge is -2.22. The zero-order valence-corrected chi connectivity index (χ0v) is 25.6. The Bertz CT molecular complexity index is 1350. The molecule has 10 nitrogen and oxygen atoms in total. The van der Waals surface area contributed by atoms with Gasteiger partial charge >= 0.3 is 5.97 Å². The van der Waals surface area contributed by atoms with Crippen molar-refractivity contribution < 1.29 is 33.4 Å². The molecular formula is C31H38BrN3O7. The lowest BCUT2D eigenvalue weighted by molar-refractivity contribution is -0.142. The molecule has 2 aromatic rings. The molecule has 2 heterocycles. The zero-order valence-electron chi connectivity index (χ0n) is 24.1. The second-order valence-corrected chi connectivity index (χ2v) is 11.4. The highest BCUT2D eigenvalue weighted by atomic mass is 79.9. The molecule has 4 rings (SSSR count). The number of ether oxygens (including phenoxy) is 3. The van der Waals surface area contributed by atoms with Crippen molar-refractivity contribution in [1.82, 2.24) is 9.88 Å². The third-order valence-corrected chi connectivity index (χ3v) is 8.34. The van der Waals surface area contributed by atoms with Crippen molar-refractivity contribution in [3.8, 4) is 11.5 Å². The standard InChI is InChI=1S/C31H38BrN3O7/c1-40-20-11-12-22-24(14-20)34-25(27(36)17-32)16-28(22)42-21-15-26(30(33)38)35(18-21)29(37)10-8-6-4-3-5-7-9-19-13-23(19)31(39)41-2/h7,9,11-12,14,16,19,21,23,26H,3-6,8,10,13,15,17-18H2,1-2H3,(H2,33,38)/b9-7-/t19-,21-,23+,26+/m1/s1. The van der Waals surface area contributed by atoms with E-state index >= 15 is 0 Å². The average Bonchev–Trinajstić information content (AvgIpc) is 3.65. The SMILES string of the molecule is COC(=O)[C@H]1C[C@H]1/C=C\CCCCCCC(=O)N1C[C@H](Oc2cc(C(=O)CBr)nc3cc(OC)ccc23)C[C@H]1C(N)=O. The number of benzene rings is 1. The summed E-state index contributed by atoms with van der Waals surface area (Å²) in [6.45, 7) is 0.229. The van der Waals surface area contributed by atoms with Crippen LogP contribution in [-0.4, -0.2) is 71.7 Å². The van der Waals surface area contributed by atoms with Crippen LogP contribution in [0.1, 0.15) is 61.9 Å². The van der Waals surface area contributed by atoms with E-state index in [1.807, 2.05) is 6.07 Å². The van der Waals surface area contributed by atoms with Gasteiger partial charge in [0.1, 0.15) is 29.3 Å². The summed E-state index contributed by atoms with van der Waals surface area (Å²) in [5.41, 5.74) is 6.46. The molecule has 226 valence electrons. The monoisotopic (exact) mass is 643 g/mol. The molecule has 1 saturated heterocycles. The number of alkyl halides is 1. The molecular weight excluding hydrogens is 606 g/mol. The molecule has 1 aromatic heterocycles. The number of carbonyl (C=O) groups excluding carboxylic acids is 4. The van der Waals surface area contributed by atoms with Crippen molar-refractivity contribution in [2.24, 2.45) is 17.6 Å². The summed E-state index contributed by atoms with van der Waals surface area (Å²) < 4.78 is 16.4. The van der Waals surface area contributed by atoms with Gasteiger partial charge in [-0.05, 0) is 43.7 Å². The number of amides is 2. The smallest absolute Gasteiger partial charge is 0.309 e. The molecule has 4 atom stereocenters. The molecule has 0 bridgehead atoms. The van der Waals surface area contributed by atoms with Crippen molar-refractivity contribution in [2.45, 2.75) is 63.5 Å². The van der Waals surface area contributed by atoms with Gasteiger partial charge in [-0.3, -0.25) is 19.2 Å². The lowest BCUT2D eigenvalue weighted by Crippen LogP contribution is -2.43. The van der Waals surface area contributed by atoms with E-state index in [2.05, 4.69) is 33.1 Å². The zero-order chi connectivity index (χ0) is 30.2. The van der Waals surface area contributed by atoms with E-state index in [4.69, 9.17) is 19.9 Å². The first-order chi connectivity index (χ1) is 20.2.